The maximum absolute atomic E-state index is 11.8. The van der Waals surface area contributed by atoms with Crippen molar-refractivity contribution < 1.29 is 13.2 Å². The maximum atomic E-state index is 11.8. The summed E-state index contributed by atoms with van der Waals surface area (Å²) in [6.07, 6.45) is 0. The summed E-state index contributed by atoms with van der Waals surface area (Å²) in [6, 6.07) is 5.00. The summed E-state index contributed by atoms with van der Waals surface area (Å²) in [7, 11) is -3.10. The summed E-state index contributed by atoms with van der Waals surface area (Å²) in [4.78, 5) is 13.6. The normalized spacial score (nSPS) is 28.1. The Balaban J connectivity index is 1.98. The molecule has 2 aliphatic heterocycles. The molecule has 1 aromatic carbocycles. The molecule has 2 saturated heterocycles. The second-order valence-electron chi connectivity index (χ2n) is 5.38. The van der Waals surface area contributed by atoms with E-state index < -0.39 is 9.84 Å². The number of aryl methyl sites for hydroxylation is 1. The van der Waals surface area contributed by atoms with E-state index in [0.717, 1.165) is 11.3 Å². The van der Waals surface area contributed by atoms with Gasteiger partial charge in [0.15, 0.2) is 9.84 Å². The number of hydrogen-bond donors (Lipinski definition) is 1. The molecule has 2 heterocycles. The van der Waals surface area contributed by atoms with E-state index in [1.807, 2.05) is 24.0 Å². The third-order valence-electron chi connectivity index (χ3n) is 3.87. The zero-order chi connectivity index (χ0) is 14.5. The molecule has 0 saturated carbocycles. The topological polar surface area (TPSA) is 66.5 Å². The Labute approximate surface area is 122 Å². The number of nitrogens with zero attached hydrogens (tertiary/aromatic N) is 1. The highest BCUT2D eigenvalue weighted by Gasteiger charge is 2.45. The largest absolute Gasteiger partial charge is 0.356 e. The summed E-state index contributed by atoms with van der Waals surface area (Å²) in [5.74, 6) is -0.0665. The fraction of sp³-hybridized carbons (Fsp3) is 0.462. The Kier molecular flexibility index (Phi) is 3.17. The van der Waals surface area contributed by atoms with E-state index in [1.54, 1.807) is 6.07 Å². The molecule has 0 aliphatic carbocycles. The minimum Gasteiger partial charge on any atom is -0.356 e. The molecule has 1 aromatic rings. The monoisotopic (exact) mass is 314 g/mol. The van der Waals surface area contributed by atoms with Crippen LogP contribution in [0.5, 0.6) is 0 Å². The van der Waals surface area contributed by atoms with Gasteiger partial charge in [-0.15, -0.1) is 0 Å². The van der Waals surface area contributed by atoms with Gasteiger partial charge in [0.25, 0.3) is 0 Å². The minimum absolute atomic E-state index is 0.0134. The summed E-state index contributed by atoms with van der Waals surface area (Å²) < 4.78 is 23.6. The highest BCUT2D eigenvalue weighted by molar-refractivity contribution is 7.91. The molecular weight excluding hydrogens is 300 g/mol. The van der Waals surface area contributed by atoms with Gasteiger partial charge in [0.2, 0.25) is 5.91 Å². The summed E-state index contributed by atoms with van der Waals surface area (Å²) >= 11 is 6.12. The molecule has 2 aliphatic rings. The fourth-order valence-corrected chi connectivity index (χ4v) is 4.94. The first-order valence-corrected chi connectivity index (χ1v) is 8.58. The number of anilines is 1. The van der Waals surface area contributed by atoms with Crippen LogP contribution < -0.4 is 10.2 Å². The number of sulfone groups is 1. The molecule has 0 aromatic heterocycles. The molecule has 0 bridgehead atoms. The minimum atomic E-state index is -3.10. The molecule has 5 nitrogen and oxygen atoms in total. The van der Waals surface area contributed by atoms with Crippen LogP contribution in [0.2, 0.25) is 5.02 Å². The highest BCUT2D eigenvalue weighted by Crippen LogP contribution is 2.30. The predicted molar refractivity (Wildman–Crippen MR) is 77.9 cm³/mol. The van der Waals surface area contributed by atoms with Crippen LogP contribution in [-0.4, -0.2) is 44.5 Å². The number of halogens is 1. The number of hydrogen-bond acceptors (Lipinski definition) is 4. The van der Waals surface area contributed by atoms with Crippen molar-refractivity contribution in [2.24, 2.45) is 0 Å². The summed E-state index contributed by atoms with van der Waals surface area (Å²) in [5.41, 5.74) is 1.75. The van der Waals surface area contributed by atoms with Crippen molar-refractivity contribution >= 4 is 33.0 Å². The first-order chi connectivity index (χ1) is 9.35. The van der Waals surface area contributed by atoms with E-state index in [2.05, 4.69) is 5.32 Å². The van der Waals surface area contributed by atoms with Crippen molar-refractivity contribution in [3.8, 4) is 0 Å². The molecule has 1 amide bonds. The quantitative estimate of drug-likeness (QED) is 0.831. The molecule has 2 unspecified atom stereocenters. The average Bonchev–Trinajstić information content (AvgIpc) is 2.65. The first-order valence-electron chi connectivity index (χ1n) is 6.38. The first kappa shape index (κ1) is 13.7. The Morgan fingerprint density at radius 1 is 1.35 bits per heavy atom. The number of nitrogens with one attached hydrogen (secondary N) is 1. The van der Waals surface area contributed by atoms with Crippen LogP contribution in [0.25, 0.3) is 0 Å². The number of fused-ring (bicyclic) bond motifs is 1. The number of amides is 1. The Morgan fingerprint density at radius 2 is 2.10 bits per heavy atom. The van der Waals surface area contributed by atoms with Crippen LogP contribution >= 0.6 is 11.6 Å². The highest BCUT2D eigenvalue weighted by atomic mass is 35.5. The lowest BCUT2D eigenvalue weighted by atomic mass is 10.1. The van der Waals surface area contributed by atoms with Crippen molar-refractivity contribution in [1.29, 1.82) is 0 Å². The van der Waals surface area contributed by atoms with Gasteiger partial charge in [0.1, 0.15) is 0 Å². The van der Waals surface area contributed by atoms with Crippen molar-refractivity contribution in [2.45, 2.75) is 19.0 Å². The zero-order valence-corrected chi connectivity index (χ0v) is 12.5. The smallest absolute Gasteiger partial charge is 0.239 e. The van der Waals surface area contributed by atoms with Crippen LogP contribution in [0, 0.1) is 6.92 Å². The summed E-state index contributed by atoms with van der Waals surface area (Å²) in [5, 5.41) is 3.38. The van der Waals surface area contributed by atoms with Gasteiger partial charge in [-0.1, -0.05) is 17.7 Å². The van der Waals surface area contributed by atoms with Gasteiger partial charge in [-0.25, -0.2) is 8.42 Å². The van der Waals surface area contributed by atoms with Gasteiger partial charge in [0.05, 0.1) is 30.1 Å². The van der Waals surface area contributed by atoms with Crippen LogP contribution in [0.15, 0.2) is 18.2 Å². The van der Waals surface area contributed by atoms with Crippen LogP contribution in [-0.2, 0) is 14.6 Å². The Hall–Kier alpha value is -1.27. The van der Waals surface area contributed by atoms with Crippen molar-refractivity contribution in [2.75, 3.05) is 23.0 Å². The molecular formula is C13H15ClN2O3S. The number of benzene rings is 1. The third-order valence-corrected chi connectivity index (χ3v) is 5.99. The van der Waals surface area contributed by atoms with Crippen LogP contribution in [0.4, 0.5) is 5.69 Å². The molecule has 7 heteroatoms. The number of carbonyl (C=O) groups is 1. The van der Waals surface area contributed by atoms with Gasteiger partial charge in [-0.2, -0.15) is 0 Å². The summed E-state index contributed by atoms with van der Waals surface area (Å²) in [6.45, 7) is 2.06. The number of rotatable bonds is 1. The fourth-order valence-electron chi connectivity index (χ4n) is 2.84. The van der Waals surface area contributed by atoms with Gasteiger partial charge in [-0.3, -0.25) is 4.79 Å². The van der Waals surface area contributed by atoms with Crippen LogP contribution in [0.3, 0.4) is 0 Å². The molecule has 0 spiro atoms. The molecule has 0 radical (unpaired) electrons. The van der Waals surface area contributed by atoms with Crippen molar-refractivity contribution in [1.82, 2.24) is 5.32 Å². The lowest BCUT2D eigenvalue weighted by molar-refractivity contribution is -0.121. The second kappa shape index (κ2) is 4.63. The molecule has 3 rings (SSSR count). The zero-order valence-electron chi connectivity index (χ0n) is 11.0. The van der Waals surface area contributed by atoms with E-state index in [9.17, 15) is 13.2 Å². The van der Waals surface area contributed by atoms with Crippen molar-refractivity contribution in [3.63, 3.8) is 0 Å². The van der Waals surface area contributed by atoms with Gasteiger partial charge in [-0.05, 0) is 24.6 Å². The Bertz CT molecular complexity index is 674. The van der Waals surface area contributed by atoms with Gasteiger partial charge < -0.3 is 10.2 Å². The van der Waals surface area contributed by atoms with Gasteiger partial charge in [0, 0.05) is 10.7 Å². The average molecular weight is 315 g/mol. The lowest BCUT2D eigenvalue weighted by Gasteiger charge is -2.38. The molecule has 2 fully saturated rings. The van der Waals surface area contributed by atoms with E-state index in [0.29, 0.717) is 5.02 Å². The van der Waals surface area contributed by atoms with Gasteiger partial charge >= 0.3 is 0 Å². The Morgan fingerprint density at radius 3 is 2.80 bits per heavy atom. The number of carbonyl (C=O) groups excluding carboxylic acids is 1. The molecule has 1 N–H and O–H groups in total. The van der Waals surface area contributed by atoms with E-state index >= 15 is 0 Å². The molecule has 2 atom stereocenters. The lowest BCUT2D eigenvalue weighted by Crippen LogP contribution is -2.60. The SMILES string of the molecule is Cc1ccc(N2CC(=O)NC3CS(=O)(=O)CC32)cc1Cl. The second-order valence-corrected chi connectivity index (χ2v) is 7.94. The standard InChI is InChI=1S/C13H15ClN2O3S/c1-8-2-3-9(4-10(8)14)16-5-13(17)15-11-6-20(18,19)7-12(11)16/h2-4,11-12H,5-7H2,1H3,(H,15,17). The number of piperazine rings is 1. The molecule has 108 valence electrons. The third kappa shape index (κ3) is 2.38. The maximum Gasteiger partial charge on any atom is 0.239 e. The van der Waals surface area contributed by atoms with Crippen LogP contribution in [0.1, 0.15) is 5.56 Å². The van der Waals surface area contributed by atoms with E-state index in [1.165, 1.54) is 0 Å². The predicted octanol–water partition coefficient (Wildman–Crippen LogP) is 0.750. The molecule has 20 heavy (non-hydrogen) atoms. The van der Waals surface area contributed by atoms with E-state index in [-0.39, 0.29) is 36.0 Å². The van der Waals surface area contributed by atoms with E-state index in [4.69, 9.17) is 11.6 Å². The van der Waals surface area contributed by atoms with Crippen molar-refractivity contribution in [3.05, 3.63) is 28.8 Å².